The number of aliphatic hydroxyl groups excluding tert-OH is 1. The summed E-state index contributed by atoms with van der Waals surface area (Å²) in [4.78, 5) is 19.2. The van der Waals surface area contributed by atoms with Gasteiger partial charge in [-0.25, -0.2) is 14.5 Å². The summed E-state index contributed by atoms with van der Waals surface area (Å²) in [5.41, 5.74) is 1.29. The number of rotatable bonds is 6. The number of hydrogen-bond donors (Lipinski definition) is 1. The quantitative estimate of drug-likeness (QED) is 0.470. The first-order valence-corrected chi connectivity index (χ1v) is 12.9. The lowest BCUT2D eigenvalue weighted by molar-refractivity contribution is -0.141. The summed E-state index contributed by atoms with van der Waals surface area (Å²) in [6, 6.07) is 2.93. The van der Waals surface area contributed by atoms with Crippen LogP contribution in [0, 0.1) is 0 Å². The van der Waals surface area contributed by atoms with Crippen molar-refractivity contribution in [3.05, 3.63) is 24.0 Å². The van der Waals surface area contributed by atoms with E-state index in [1.807, 2.05) is 11.8 Å². The number of pyridine rings is 1. The van der Waals surface area contributed by atoms with Gasteiger partial charge in [-0.15, -0.1) is 0 Å². The van der Waals surface area contributed by atoms with Gasteiger partial charge >= 0.3 is 12.1 Å². The Morgan fingerprint density at radius 1 is 1.29 bits per heavy atom. The molecule has 2 aliphatic heterocycles. The summed E-state index contributed by atoms with van der Waals surface area (Å²) < 4.78 is 54.9. The number of aromatic nitrogens is 5. The van der Waals surface area contributed by atoms with Crippen LogP contribution in [0.5, 0.6) is 0 Å². The van der Waals surface area contributed by atoms with Gasteiger partial charge in [-0.2, -0.15) is 23.4 Å². The van der Waals surface area contributed by atoms with E-state index in [9.17, 15) is 23.1 Å². The fourth-order valence-corrected chi connectivity index (χ4v) is 5.30. The minimum atomic E-state index is -4.55. The van der Waals surface area contributed by atoms with E-state index in [1.54, 1.807) is 23.9 Å². The molecule has 1 N–H and O–H groups in total. The molecule has 38 heavy (non-hydrogen) atoms. The van der Waals surface area contributed by atoms with Gasteiger partial charge in [0.15, 0.2) is 11.9 Å². The molecule has 3 atom stereocenters. The van der Waals surface area contributed by atoms with Gasteiger partial charge in [0.2, 0.25) is 0 Å². The second kappa shape index (κ2) is 10.5. The summed E-state index contributed by atoms with van der Waals surface area (Å²) >= 11 is 0. The highest BCUT2D eigenvalue weighted by Gasteiger charge is 2.35. The maximum absolute atomic E-state index is 13.8. The normalized spacial score (nSPS) is 22.7. The molecule has 1 unspecified atom stereocenters. The number of carbonyl (C=O) groups excluding carboxylic acids is 1. The van der Waals surface area contributed by atoms with Crippen molar-refractivity contribution in [2.75, 3.05) is 24.7 Å². The minimum absolute atomic E-state index is 0.0273. The number of ether oxygens (including phenoxy) is 2. The first kappa shape index (κ1) is 26.4. The Morgan fingerprint density at radius 2 is 2.11 bits per heavy atom. The van der Waals surface area contributed by atoms with Crippen LogP contribution >= 0.6 is 0 Å². The van der Waals surface area contributed by atoms with Gasteiger partial charge in [-0.05, 0) is 58.1 Å². The van der Waals surface area contributed by atoms with Crippen molar-refractivity contribution in [2.24, 2.45) is 0 Å². The van der Waals surface area contributed by atoms with Gasteiger partial charge in [0.05, 0.1) is 24.1 Å². The Kier molecular flexibility index (Phi) is 7.32. The molecule has 0 bridgehead atoms. The number of aliphatic hydroxyl groups is 1. The molecule has 0 spiro atoms. The van der Waals surface area contributed by atoms with Crippen LogP contribution in [0.1, 0.15) is 62.7 Å². The fraction of sp³-hybridized carbons (Fsp3) is 0.600. The zero-order valence-electron chi connectivity index (χ0n) is 21.3. The number of hydrogen-bond acceptors (Lipinski definition) is 8. The van der Waals surface area contributed by atoms with E-state index in [0.29, 0.717) is 43.8 Å². The molecular formula is C25H31F3N6O4. The number of piperidine rings is 1. The Hall–Kier alpha value is -3.19. The van der Waals surface area contributed by atoms with E-state index in [4.69, 9.17) is 9.47 Å². The zero-order valence-corrected chi connectivity index (χ0v) is 21.3. The maximum atomic E-state index is 13.8. The average Bonchev–Trinajstić information content (AvgIpc) is 3.48. The average molecular weight is 537 g/mol. The van der Waals surface area contributed by atoms with E-state index < -0.39 is 24.8 Å². The SMILES string of the molecule is CCOC(=O)c1cc(N2CC[C@@H](O)C[C@H]2C)c2c(n1)c(-c1ccnn1C1CCCCO1)nn2CC(F)(F)F. The van der Waals surface area contributed by atoms with E-state index in [-0.39, 0.29) is 41.3 Å². The second-order valence-electron chi connectivity index (χ2n) is 9.77. The molecule has 5 heterocycles. The number of carbonyl (C=O) groups is 1. The minimum Gasteiger partial charge on any atom is -0.461 e. The fourth-order valence-electron chi connectivity index (χ4n) is 5.30. The third-order valence-corrected chi connectivity index (χ3v) is 6.99. The largest absolute Gasteiger partial charge is 0.461 e. The second-order valence-corrected chi connectivity index (χ2v) is 9.77. The Balaban J connectivity index is 1.75. The number of anilines is 1. The van der Waals surface area contributed by atoms with Gasteiger partial charge < -0.3 is 19.5 Å². The molecule has 13 heteroatoms. The number of fused-ring (bicyclic) bond motifs is 1. The molecule has 0 saturated carbocycles. The van der Waals surface area contributed by atoms with Crippen molar-refractivity contribution in [2.45, 2.75) is 77.0 Å². The molecule has 2 fully saturated rings. The van der Waals surface area contributed by atoms with Crippen LogP contribution in [0.4, 0.5) is 18.9 Å². The third kappa shape index (κ3) is 5.21. The molecule has 0 amide bonds. The zero-order chi connectivity index (χ0) is 27.0. The van der Waals surface area contributed by atoms with Crippen LogP contribution in [0.15, 0.2) is 18.3 Å². The number of halogens is 3. The highest BCUT2D eigenvalue weighted by molar-refractivity contribution is 6.01. The Morgan fingerprint density at radius 3 is 2.79 bits per heavy atom. The molecule has 3 aromatic heterocycles. The van der Waals surface area contributed by atoms with Gasteiger partial charge in [-0.1, -0.05) is 0 Å². The van der Waals surface area contributed by atoms with Gasteiger partial charge in [0.1, 0.15) is 23.3 Å². The number of esters is 1. The molecule has 2 saturated heterocycles. The lowest BCUT2D eigenvalue weighted by Crippen LogP contribution is -2.43. The van der Waals surface area contributed by atoms with Gasteiger partial charge in [0.25, 0.3) is 0 Å². The van der Waals surface area contributed by atoms with E-state index in [0.717, 1.165) is 17.5 Å². The van der Waals surface area contributed by atoms with Crippen molar-refractivity contribution in [1.29, 1.82) is 0 Å². The molecule has 10 nitrogen and oxygen atoms in total. The van der Waals surface area contributed by atoms with Crippen molar-refractivity contribution >= 4 is 22.7 Å². The van der Waals surface area contributed by atoms with Gasteiger partial charge in [-0.3, -0.25) is 4.68 Å². The third-order valence-electron chi connectivity index (χ3n) is 6.99. The van der Waals surface area contributed by atoms with Gasteiger partial charge in [0, 0.05) is 25.4 Å². The molecule has 5 rings (SSSR count). The van der Waals surface area contributed by atoms with E-state index in [1.165, 1.54) is 6.07 Å². The predicted octanol–water partition coefficient (Wildman–Crippen LogP) is 4.08. The molecule has 0 aliphatic carbocycles. The van der Waals surface area contributed by atoms with Crippen molar-refractivity contribution < 1.29 is 32.5 Å². The smallest absolute Gasteiger partial charge is 0.408 e. The lowest BCUT2D eigenvalue weighted by Gasteiger charge is -2.38. The molecule has 2 aliphatic rings. The summed E-state index contributed by atoms with van der Waals surface area (Å²) in [6.07, 6.45) is -0.462. The first-order valence-electron chi connectivity index (χ1n) is 12.9. The van der Waals surface area contributed by atoms with Crippen molar-refractivity contribution in [3.8, 4) is 11.4 Å². The summed E-state index contributed by atoms with van der Waals surface area (Å²) in [5.74, 6) is -0.681. The monoisotopic (exact) mass is 536 g/mol. The highest BCUT2D eigenvalue weighted by atomic mass is 19.4. The van der Waals surface area contributed by atoms with Crippen LogP contribution < -0.4 is 4.90 Å². The van der Waals surface area contributed by atoms with E-state index >= 15 is 0 Å². The molecule has 0 radical (unpaired) electrons. The summed E-state index contributed by atoms with van der Waals surface area (Å²) in [5, 5.41) is 19.0. The summed E-state index contributed by atoms with van der Waals surface area (Å²) in [7, 11) is 0. The van der Waals surface area contributed by atoms with Crippen LogP contribution in [0.25, 0.3) is 22.4 Å². The standard InChI is InChI=1S/C25H31F3N6O4/c1-3-37-24(36)17-13-19(32-10-8-16(35)12-15(32)2)23-22(30-17)21(31-33(23)14-25(26,27)28)18-7-9-29-34(18)20-6-4-5-11-38-20/h7,9,13,15-16,20,35H,3-6,8,10-12,14H2,1-2H3/t15-,16-,20?/m1/s1. The van der Waals surface area contributed by atoms with Crippen LogP contribution in [0.3, 0.4) is 0 Å². The lowest BCUT2D eigenvalue weighted by atomic mass is 9.99. The highest BCUT2D eigenvalue weighted by Crippen LogP contribution is 2.38. The first-order chi connectivity index (χ1) is 18.2. The predicted molar refractivity (Wildman–Crippen MR) is 132 cm³/mol. The summed E-state index contributed by atoms with van der Waals surface area (Å²) in [6.45, 7) is 3.29. The van der Waals surface area contributed by atoms with Crippen LogP contribution in [0.2, 0.25) is 0 Å². The molecular weight excluding hydrogens is 505 g/mol. The van der Waals surface area contributed by atoms with Crippen molar-refractivity contribution in [1.82, 2.24) is 24.5 Å². The molecule has 0 aromatic carbocycles. The van der Waals surface area contributed by atoms with Crippen molar-refractivity contribution in [3.63, 3.8) is 0 Å². The molecule has 3 aromatic rings. The molecule has 206 valence electrons. The maximum Gasteiger partial charge on any atom is 0.408 e. The van der Waals surface area contributed by atoms with E-state index in [2.05, 4.69) is 15.2 Å². The Labute approximate surface area is 217 Å². The Bertz CT molecular complexity index is 1300. The number of alkyl halides is 3. The van der Waals surface area contributed by atoms with Crippen LogP contribution in [-0.2, 0) is 16.0 Å². The topological polar surface area (TPSA) is 108 Å². The van der Waals surface area contributed by atoms with Crippen LogP contribution in [-0.4, -0.2) is 73.7 Å². The number of nitrogens with zero attached hydrogens (tertiary/aromatic N) is 6.